The van der Waals surface area contributed by atoms with E-state index in [1.807, 2.05) is 36.4 Å². The van der Waals surface area contributed by atoms with Crippen LogP contribution in [0.4, 0.5) is 0 Å². The molecule has 2 aromatic rings. The highest BCUT2D eigenvalue weighted by Crippen LogP contribution is 2.14. The highest BCUT2D eigenvalue weighted by molar-refractivity contribution is 5.91. The van der Waals surface area contributed by atoms with Crippen LogP contribution < -0.4 is 0 Å². The Morgan fingerprint density at radius 3 is 1.65 bits per heavy atom. The van der Waals surface area contributed by atoms with Crippen LogP contribution in [0.1, 0.15) is 38.3 Å². The molecule has 3 rings (SSSR count). The molecule has 0 N–H and O–H groups in total. The number of hydrogen-bond donors (Lipinski definition) is 0. The van der Waals surface area contributed by atoms with E-state index in [-0.39, 0.29) is 25.2 Å². The minimum absolute atomic E-state index is 0.215. The highest BCUT2D eigenvalue weighted by atomic mass is 16.5. The van der Waals surface area contributed by atoms with E-state index in [2.05, 4.69) is 0 Å². The van der Waals surface area contributed by atoms with Crippen LogP contribution in [-0.2, 0) is 9.47 Å². The van der Waals surface area contributed by atoms with Gasteiger partial charge in [0.25, 0.3) is 0 Å². The summed E-state index contributed by atoms with van der Waals surface area (Å²) in [5.41, 5.74) is 2.80. The summed E-state index contributed by atoms with van der Waals surface area (Å²) >= 11 is 0. The maximum absolute atomic E-state index is 12.0. The molecule has 1 heterocycles. The molecule has 1 aliphatic heterocycles. The van der Waals surface area contributed by atoms with Crippen molar-refractivity contribution < 1.29 is 19.1 Å². The lowest BCUT2D eigenvalue weighted by Gasteiger charge is -2.06. The Hall–Kier alpha value is -2.88. The van der Waals surface area contributed by atoms with E-state index in [1.54, 1.807) is 24.3 Å². The fourth-order valence-corrected chi connectivity index (χ4v) is 2.29. The van der Waals surface area contributed by atoms with Crippen molar-refractivity contribution in [2.45, 2.75) is 6.42 Å². The molecule has 0 atom stereocenters. The number of rotatable bonds is 0. The van der Waals surface area contributed by atoms with E-state index >= 15 is 0 Å². The van der Waals surface area contributed by atoms with E-state index in [0.29, 0.717) is 17.5 Å². The molecule has 0 radical (unpaired) electrons. The first-order chi connectivity index (χ1) is 11.2. The second-order valence-electron chi connectivity index (χ2n) is 5.21. The second-order valence-corrected chi connectivity index (χ2v) is 5.21. The number of carbonyl (C=O) groups excluding carboxylic acids is 2. The first kappa shape index (κ1) is 15.0. The van der Waals surface area contributed by atoms with Gasteiger partial charge in [0.2, 0.25) is 0 Å². The normalized spacial score (nSPS) is 16.5. The van der Waals surface area contributed by atoms with Gasteiger partial charge in [-0.05, 0) is 35.4 Å². The molecule has 2 aromatic carbocycles. The first-order valence-electron chi connectivity index (χ1n) is 7.45. The summed E-state index contributed by atoms with van der Waals surface area (Å²) in [6.07, 6.45) is 4.25. The first-order valence-corrected chi connectivity index (χ1v) is 7.45. The van der Waals surface area contributed by atoms with Crippen molar-refractivity contribution in [3.8, 4) is 0 Å². The van der Waals surface area contributed by atoms with Gasteiger partial charge in [0, 0.05) is 6.42 Å². The topological polar surface area (TPSA) is 52.6 Å². The Morgan fingerprint density at radius 1 is 0.696 bits per heavy atom. The Balaban J connectivity index is 1.95. The summed E-state index contributed by atoms with van der Waals surface area (Å²) in [4.78, 5) is 24.0. The van der Waals surface area contributed by atoms with E-state index in [1.165, 1.54) is 0 Å². The summed E-state index contributed by atoms with van der Waals surface area (Å²) in [5.74, 6) is -0.746. The maximum atomic E-state index is 12.0. The molecule has 116 valence electrons. The third-order valence-electron chi connectivity index (χ3n) is 3.47. The predicted octanol–water partition coefficient (Wildman–Crippen LogP) is 3.57. The Labute approximate surface area is 134 Å². The molecule has 0 spiro atoms. The molecular formula is C19H16O4. The molecule has 4 nitrogen and oxygen atoms in total. The molecule has 0 amide bonds. The highest BCUT2D eigenvalue weighted by Gasteiger charge is 2.10. The number of ether oxygens (including phenoxy) is 2. The molecule has 4 bridgehead atoms. The van der Waals surface area contributed by atoms with Gasteiger partial charge in [-0.15, -0.1) is 0 Å². The summed E-state index contributed by atoms with van der Waals surface area (Å²) in [7, 11) is 0. The summed E-state index contributed by atoms with van der Waals surface area (Å²) in [6.45, 7) is 0.429. The average Bonchev–Trinajstić information content (AvgIpc) is 2.59. The van der Waals surface area contributed by atoms with Gasteiger partial charge in [0.05, 0.1) is 24.3 Å². The number of cyclic esters (lactones) is 2. The standard InChI is InChI=1S/C19H16O4/c20-18-16-6-1-4-14(12-16)8-9-15-5-2-7-17(13-15)19(21)23-11-3-10-22-18/h1-2,4-9,12-13H,3,10-11H2/b9-8+. The summed E-state index contributed by atoms with van der Waals surface area (Å²) in [6, 6.07) is 14.5. The fraction of sp³-hybridized carbons (Fsp3) is 0.158. The third-order valence-corrected chi connectivity index (χ3v) is 3.47. The molecule has 0 aliphatic carbocycles. The molecule has 23 heavy (non-hydrogen) atoms. The van der Waals surface area contributed by atoms with Crippen LogP contribution in [0, 0.1) is 0 Å². The summed E-state index contributed by atoms with van der Waals surface area (Å²) < 4.78 is 10.4. The van der Waals surface area contributed by atoms with E-state index in [9.17, 15) is 9.59 Å². The van der Waals surface area contributed by atoms with Gasteiger partial charge in [-0.1, -0.05) is 36.4 Å². The van der Waals surface area contributed by atoms with Crippen molar-refractivity contribution in [2.75, 3.05) is 13.2 Å². The molecule has 0 saturated heterocycles. The number of fused-ring (bicyclic) bond motifs is 4. The molecular weight excluding hydrogens is 292 g/mol. The zero-order valence-corrected chi connectivity index (χ0v) is 12.5. The minimum atomic E-state index is -0.373. The number of carbonyl (C=O) groups is 2. The molecule has 0 unspecified atom stereocenters. The van der Waals surface area contributed by atoms with Gasteiger partial charge in [-0.25, -0.2) is 9.59 Å². The van der Waals surface area contributed by atoms with Crippen molar-refractivity contribution in [3.05, 3.63) is 70.8 Å². The lowest BCUT2D eigenvalue weighted by atomic mass is 10.1. The number of hydrogen-bond acceptors (Lipinski definition) is 4. The van der Waals surface area contributed by atoms with Crippen LogP contribution in [0.3, 0.4) is 0 Å². The van der Waals surface area contributed by atoms with Crippen molar-refractivity contribution >= 4 is 24.1 Å². The van der Waals surface area contributed by atoms with Gasteiger partial charge in [-0.3, -0.25) is 0 Å². The Morgan fingerprint density at radius 2 is 1.17 bits per heavy atom. The average molecular weight is 308 g/mol. The van der Waals surface area contributed by atoms with Crippen LogP contribution in [0.5, 0.6) is 0 Å². The summed E-state index contributed by atoms with van der Waals surface area (Å²) in [5, 5.41) is 0. The van der Waals surface area contributed by atoms with Crippen LogP contribution in [0.15, 0.2) is 48.5 Å². The van der Waals surface area contributed by atoms with Crippen molar-refractivity contribution in [3.63, 3.8) is 0 Å². The van der Waals surface area contributed by atoms with Gasteiger partial charge in [0.1, 0.15) is 0 Å². The third kappa shape index (κ3) is 3.86. The fourth-order valence-electron chi connectivity index (χ4n) is 2.29. The second kappa shape index (κ2) is 6.92. The van der Waals surface area contributed by atoms with Crippen LogP contribution in [-0.4, -0.2) is 25.2 Å². The predicted molar refractivity (Wildman–Crippen MR) is 87.0 cm³/mol. The lowest BCUT2D eigenvalue weighted by Crippen LogP contribution is -2.11. The minimum Gasteiger partial charge on any atom is -0.462 e. The smallest absolute Gasteiger partial charge is 0.338 e. The van der Waals surface area contributed by atoms with Crippen molar-refractivity contribution in [2.24, 2.45) is 0 Å². The largest absolute Gasteiger partial charge is 0.462 e. The number of benzene rings is 2. The van der Waals surface area contributed by atoms with Crippen LogP contribution >= 0.6 is 0 Å². The maximum Gasteiger partial charge on any atom is 0.338 e. The van der Waals surface area contributed by atoms with Gasteiger partial charge < -0.3 is 9.47 Å². The van der Waals surface area contributed by atoms with E-state index in [0.717, 1.165) is 11.1 Å². The molecule has 1 aliphatic rings. The molecule has 0 saturated carbocycles. The SMILES string of the molecule is O=C1OCCCOC(=O)c2cccc(c2)/C=C/c2cccc1c2. The van der Waals surface area contributed by atoms with Crippen LogP contribution in [0.25, 0.3) is 12.2 Å². The van der Waals surface area contributed by atoms with Crippen LogP contribution in [0.2, 0.25) is 0 Å². The number of esters is 2. The van der Waals surface area contributed by atoms with Gasteiger partial charge in [-0.2, -0.15) is 0 Å². The molecule has 4 heteroatoms. The molecule has 0 fully saturated rings. The zero-order chi connectivity index (χ0) is 16.1. The van der Waals surface area contributed by atoms with Gasteiger partial charge >= 0.3 is 11.9 Å². The van der Waals surface area contributed by atoms with E-state index < -0.39 is 0 Å². The van der Waals surface area contributed by atoms with Crippen molar-refractivity contribution in [1.29, 1.82) is 0 Å². The molecule has 0 aromatic heterocycles. The Bertz CT molecular complexity index is 698. The Kier molecular flexibility index (Phi) is 4.52. The lowest BCUT2D eigenvalue weighted by molar-refractivity contribution is 0.0396. The van der Waals surface area contributed by atoms with Gasteiger partial charge in [0.15, 0.2) is 0 Å². The quantitative estimate of drug-likeness (QED) is 0.698. The van der Waals surface area contributed by atoms with Crippen molar-refractivity contribution in [1.82, 2.24) is 0 Å². The zero-order valence-electron chi connectivity index (χ0n) is 12.5. The monoisotopic (exact) mass is 308 g/mol. The van der Waals surface area contributed by atoms with E-state index in [4.69, 9.17) is 9.47 Å².